The fraction of sp³-hybridized carbons (Fsp3) is 0.435. The third kappa shape index (κ3) is 5.75. The molecule has 0 saturated carbocycles. The number of hydrogen-bond acceptors (Lipinski definition) is 5. The van der Waals surface area contributed by atoms with Crippen molar-refractivity contribution in [3.05, 3.63) is 53.1 Å². The first kappa shape index (κ1) is 23.7. The number of carbonyl (C=O) groups is 1. The van der Waals surface area contributed by atoms with E-state index < -0.39 is 15.9 Å². The molecule has 30 heavy (non-hydrogen) atoms. The van der Waals surface area contributed by atoms with E-state index >= 15 is 0 Å². The fourth-order valence-corrected chi connectivity index (χ4v) is 4.14. The van der Waals surface area contributed by atoms with Crippen LogP contribution in [-0.4, -0.2) is 24.5 Å². The minimum absolute atomic E-state index is 0.0186. The maximum absolute atomic E-state index is 12.3. The predicted octanol–water partition coefficient (Wildman–Crippen LogP) is 4.13. The van der Waals surface area contributed by atoms with Crippen LogP contribution in [0.15, 0.2) is 41.3 Å². The minimum Gasteiger partial charge on any atom is -0.508 e. The number of phenolic OH excluding ortho intramolecular Hbond substituents is 2. The van der Waals surface area contributed by atoms with E-state index in [2.05, 4.69) is 4.72 Å². The van der Waals surface area contributed by atoms with Crippen LogP contribution in [0.1, 0.15) is 64.7 Å². The maximum atomic E-state index is 12.3. The predicted molar refractivity (Wildman–Crippen MR) is 117 cm³/mol. The van der Waals surface area contributed by atoms with Gasteiger partial charge < -0.3 is 10.2 Å². The van der Waals surface area contributed by atoms with Gasteiger partial charge in [0.2, 0.25) is 5.91 Å². The molecule has 3 N–H and O–H groups in total. The molecule has 0 aliphatic heterocycles. The molecule has 164 valence electrons. The topological polar surface area (TPSA) is 104 Å². The molecule has 0 spiro atoms. The van der Waals surface area contributed by atoms with Crippen LogP contribution in [0, 0.1) is 0 Å². The molecule has 1 amide bonds. The second-order valence-corrected chi connectivity index (χ2v) is 11.2. The summed E-state index contributed by atoms with van der Waals surface area (Å²) in [5, 5.41) is 20.1. The second kappa shape index (κ2) is 8.30. The van der Waals surface area contributed by atoms with Crippen molar-refractivity contribution in [2.45, 2.75) is 70.1 Å². The van der Waals surface area contributed by atoms with Crippen LogP contribution in [-0.2, 0) is 32.1 Å². The molecule has 0 unspecified atom stereocenters. The smallest absolute Gasteiger partial charge is 0.264 e. The number of rotatable bonds is 5. The Hall–Kier alpha value is -2.54. The van der Waals surface area contributed by atoms with Crippen LogP contribution < -0.4 is 4.72 Å². The summed E-state index contributed by atoms with van der Waals surface area (Å²) in [5.74, 6) is -0.416. The third-order valence-electron chi connectivity index (χ3n) is 4.82. The molecule has 7 heteroatoms. The zero-order chi connectivity index (χ0) is 22.9. The molecule has 0 fully saturated rings. The molecule has 0 radical (unpaired) electrons. The standard InChI is InChI=1S/C23H31NO5S/c1-22(2,3)18-13-15(14-19(21(18)27)23(4,5)6)7-12-20(26)24-30(28,29)17-10-8-16(25)9-11-17/h8-11,13-14,25,27H,7,12H2,1-6H3,(H,24,26). The lowest BCUT2D eigenvalue weighted by atomic mass is 9.78. The molecular formula is C23H31NO5S. The molecule has 2 aromatic carbocycles. The van der Waals surface area contributed by atoms with Gasteiger partial charge in [-0.15, -0.1) is 0 Å². The zero-order valence-corrected chi connectivity index (χ0v) is 19.2. The Morgan fingerprint density at radius 3 is 1.80 bits per heavy atom. The number of hydrogen-bond donors (Lipinski definition) is 3. The van der Waals surface area contributed by atoms with Gasteiger partial charge >= 0.3 is 0 Å². The van der Waals surface area contributed by atoms with Gasteiger partial charge in [0.15, 0.2) is 0 Å². The van der Waals surface area contributed by atoms with Crippen LogP contribution >= 0.6 is 0 Å². The monoisotopic (exact) mass is 433 g/mol. The highest BCUT2D eigenvalue weighted by atomic mass is 32.2. The summed E-state index contributed by atoms with van der Waals surface area (Å²) >= 11 is 0. The van der Waals surface area contributed by atoms with E-state index in [0.717, 1.165) is 16.7 Å². The van der Waals surface area contributed by atoms with Crippen LogP contribution in [0.3, 0.4) is 0 Å². The lowest BCUT2D eigenvalue weighted by Gasteiger charge is -2.28. The normalized spacial score (nSPS) is 12.6. The molecule has 2 aromatic rings. The van der Waals surface area contributed by atoms with Gasteiger partial charge in [0.1, 0.15) is 11.5 Å². The highest BCUT2D eigenvalue weighted by Crippen LogP contribution is 2.40. The van der Waals surface area contributed by atoms with Crippen LogP contribution in [0.2, 0.25) is 0 Å². The van der Waals surface area contributed by atoms with Gasteiger partial charge in [-0.25, -0.2) is 13.1 Å². The first-order valence-corrected chi connectivity index (χ1v) is 11.3. The molecule has 0 aliphatic rings. The van der Waals surface area contributed by atoms with Crippen molar-refractivity contribution in [1.82, 2.24) is 4.72 Å². The first-order valence-electron chi connectivity index (χ1n) is 9.83. The van der Waals surface area contributed by atoms with Crippen molar-refractivity contribution in [3.63, 3.8) is 0 Å². The van der Waals surface area contributed by atoms with Crippen molar-refractivity contribution in [1.29, 1.82) is 0 Å². The molecule has 2 rings (SSSR count). The Kier molecular flexibility index (Phi) is 6.57. The van der Waals surface area contributed by atoms with E-state index in [4.69, 9.17) is 0 Å². The Morgan fingerprint density at radius 1 is 0.900 bits per heavy atom. The number of benzene rings is 2. The summed E-state index contributed by atoms with van der Waals surface area (Å²) in [6.45, 7) is 12.1. The maximum Gasteiger partial charge on any atom is 0.264 e. The molecule has 0 heterocycles. The van der Waals surface area contributed by atoms with Gasteiger partial charge in [-0.2, -0.15) is 0 Å². The number of sulfonamides is 1. The van der Waals surface area contributed by atoms with E-state index in [-0.39, 0.29) is 33.6 Å². The number of nitrogens with one attached hydrogen (secondary N) is 1. The zero-order valence-electron chi connectivity index (χ0n) is 18.4. The summed E-state index contributed by atoms with van der Waals surface area (Å²) in [7, 11) is -4.00. The molecule has 0 atom stereocenters. The summed E-state index contributed by atoms with van der Waals surface area (Å²) in [6.07, 6.45) is 0.318. The van der Waals surface area contributed by atoms with Gasteiger partial charge in [0, 0.05) is 6.42 Å². The average Bonchev–Trinajstić information content (AvgIpc) is 2.58. The third-order valence-corrected chi connectivity index (χ3v) is 6.21. The van der Waals surface area contributed by atoms with Crippen molar-refractivity contribution < 1.29 is 23.4 Å². The van der Waals surface area contributed by atoms with Gasteiger partial charge in [-0.1, -0.05) is 53.7 Å². The Morgan fingerprint density at radius 2 is 1.37 bits per heavy atom. The second-order valence-electron chi connectivity index (χ2n) is 9.56. The summed E-state index contributed by atoms with van der Waals surface area (Å²) < 4.78 is 26.7. The van der Waals surface area contributed by atoms with Crippen molar-refractivity contribution in [2.75, 3.05) is 0 Å². The van der Waals surface area contributed by atoms with Crippen molar-refractivity contribution in [2.24, 2.45) is 0 Å². The summed E-state index contributed by atoms with van der Waals surface area (Å²) in [5.41, 5.74) is 1.87. The van der Waals surface area contributed by atoms with Gasteiger partial charge in [0.05, 0.1) is 4.90 Å². The van der Waals surface area contributed by atoms with Crippen molar-refractivity contribution in [3.8, 4) is 11.5 Å². The number of phenols is 2. The highest BCUT2D eigenvalue weighted by Gasteiger charge is 2.26. The first-order chi connectivity index (χ1) is 13.6. The Labute approximate surface area is 179 Å². The largest absolute Gasteiger partial charge is 0.508 e. The molecule has 0 bridgehead atoms. The number of aromatic hydroxyl groups is 2. The summed E-state index contributed by atoms with van der Waals surface area (Å²) in [6, 6.07) is 8.72. The van der Waals surface area contributed by atoms with E-state index in [1.807, 2.05) is 53.7 Å². The molecule has 6 nitrogen and oxygen atoms in total. The Bertz CT molecular complexity index is 992. The van der Waals surface area contributed by atoms with Crippen LogP contribution in [0.25, 0.3) is 0 Å². The molecule has 0 saturated heterocycles. The van der Waals surface area contributed by atoms with Crippen LogP contribution in [0.4, 0.5) is 0 Å². The van der Waals surface area contributed by atoms with E-state index in [1.165, 1.54) is 24.3 Å². The molecule has 0 aromatic heterocycles. The van der Waals surface area contributed by atoms with E-state index in [1.54, 1.807) is 0 Å². The lowest BCUT2D eigenvalue weighted by molar-refractivity contribution is -0.119. The Balaban J connectivity index is 2.22. The summed E-state index contributed by atoms with van der Waals surface area (Å²) in [4.78, 5) is 12.2. The minimum atomic E-state index is -4.00. The van der Waals surface area contributed by atoms with Gasteiger partial charge in [-0.3, -0.25) is 4.79 Å². The fourth-order valence-electron chi connectivity index (χ4n) is 3.13. The van der Waals surface area contributed by atoms with E-state index in [9.17, 15) is 23.4 Å². The number of aryl methyl sites for hydroxylation is 1. The number of amides is 1. The highest BCUT2D eigenvalue weighted by molar-refractivity contribution is 7.90. The lowest BCUT2D eigenvalue weighted by Crippen LogP contribution is -2.30. The SMILES string of the molecule is CC(C)(C)c1cc(CCC(=O)NS(=O)(=O)c2ccc(O)cc2)cc(C(C)(C)C)c1O. The van der Waals surface area contributed by atoms with Crippen molar-refractivity contribution >= 4 is 15.9 Å². The number of carbonyl (C=O) groups excluding carboxylic acids is 1. The van der Waals surface area contributed by atoms with Gasteiger partial charge in [-0.05, 0) is 58.2 Å². The molecule has 0 aliphatic carbocycles. The van der Waals surface area contributed by atoms with Crippen LogP contribution in [0.5, 0.6) is 11.5 Å². The van der Waals surface area contributed by atoms with E-state index in [0.29, 0.717) is 6.42 Å². The quantitative estimate of drug-likeness (QED) is 0.658. The van der Waals surface area contributed by atoms with Gasteiger partial charge in [0.25, 0.3) is 10.0 Å². The average molecular weight is 434 g/mol. The molecular weight excluding hydrogens is 402 g/mol.